The summed E-state index contributed by atoms with van der Waals surface area (Å²) in [6.45, 7) is 1.28. The van der Waals surface area contributed by atoms with E-state index in [1.807, 2.05) is 11.0 Å². The molecule has 1 unspecified atom stereocenters. The van der Waals surface area contributed by atoms with Crippen molar-refractivity contribution in [3.63, 3.8) is 0 Å². The summed E-state index contributed by atoms with van der Waals surface area (Å²) in [6.07, 6.45) is 0.233. The van der Waals surface area contributed by atoms with Gasteiger partial charge in [0.05, 0.1) is 5.56 Å². The number of alkyl halides is 3. The number of hydrogen-bond acceptors (Lipinski definition) is 5. The van der Waals surface area contributed by atoms with E-state index in [0.717, 1.165) is 17.8 Å². The first-order chi connectivity index (χ1) is 13.9. The van der Waals surface area contributed by atoms with E-state index in [1.165, 1.54) is 12.1 Å². The van der Waals surface area contributed by atoms with Crippen molar-refractivity contribution < 1.29 is 27.4 Å². The number of nitrogens with zero attached hydrogens (tertiary/aromatic N) is 2. The molecule has 1 N–H and O–H groups in total. The molecule has 1 aromatic carbocycles. The van der Waals surface area contributed by atoms with Crippen LogP contribution in [0.5, 0.6) is 11.5 Å². The van der Waals surface area contributed by atoms with Gasteiger partial charge in [0.25, 0.3) is 0 Å². The van der Waals surface area contributed by atoms with Gasteiger partial charge in [-0.15, -0.1) is 0 Å². The van der Waals surface area contributed by atoms with Gasteiger partial charge < -0.3 is 19.7 Å². The molecule has 1 aromatic heterocycles. The molecule has 0 spiro atoms. The van der Waals surface area contributed by atoms with Crippen molar-refractivity contribution in [3.05, 3.63) is 53.7 Å². The van der Waals surface area contributed by atoms with Crippen LogP contribution < -0.4 is 19.7 Å². The lowest BCUT2D eigenvalue weighted by Crippen LogP contribution is -2.36. The Labute approximate surface area is 164 Å². The smallest absolute Gasteiger partial charge is 0.417 e. The average molecular weight is 405 g/mol. The number of carbonyl (C=O) groups is 1. The van der Waals surface area contributed by atoms with Gasteiger partial charge in [-0.25, -0.2) is 4.98 Å². The predicted molar refractivity (Wildman–Crippen MR) is 99.6 cm³/mol. The third kappa shape index (κ3) is 4.44. The van der Waals surface area contributed by atoms with Gasteiger partial charge in [-0.05, 0) is 42.3 Å². The maximum Gasteiger partial charge on any atom is 0.417 e. The highest BCUT2D eigenvalue weighted by atomic mass is 19.4. The summed E-state index contributed by atoms with van der Waals surface area (Å²) in [4.78, 5) is 17.9. The van der Waals surface area contributed by atoms with Gasteiger partial charge in [0, 0.05) is 31.4 Å². The van der Waals surface area contributed by atoms with Crippen LogP contribution in [0.2, 0.25) is 0 Å². The first-order valence-electron chi connectivity index (χ1n) is 9.05. The lowest BCUT2D eigenvalue weighted by atomic mass is 10.2. The summed E-state index contributed by atoms with van der Waals surface area (Å²) in [5.74, 6) is 1.54. The van der Waals surface area contributed by atoms with Gasteiger partial charge >= 0.3 is 6.18 Å². The molecule has 1 saturated heterocycles. The van der Waals surface area contributed by atoms with E-state index in [1.54, 1.807) is 18.2 Å². The van der Waals surface area contributed by atoms with Gasteiger partial charge in [-0.2, -0.15) is 13.2 Å². The monoisotopic (exact) mass is 405 g/mol. The number of amides is 1. The van der Waals surface area contributed by atoms with Crippen molar-refractivity contribution in [2.45, 2.75) is 18.6 Å². The van der Waals surface area contributed by atoms with E-state index in [0.29, 0.717) is 36.8 Å². The van der Waals surface area contributed by atoms with Crippen LogP contribution in [0, 0.1) is 0 Å². The Bertz CT molecular complexity index is 929. The Kier molecular flexibility index (Phi) is 5.04. The summed E-state index contributed by atoms with van der Waals surface area (Å²) in [7, 11) is 0. The number of nitrogens with one attached hydrogen (secondary N) is 1. The van der Waals surface area contributed by atoms with Gasteiger partial charge in [-0.1, -0.05) is 6.07 Å². The first kappa shape index (κ1) is 19.1. The minimum Gasteiger partial charge on any atom is -0.454 e. The summed E-state index contributed by atoms with van der Waals surface area (Å²) >= 11 is 0. The average Bonchev–Trinajstić information content (AvgIpc) is 3.34. The zero-order valence-electron chi connectivity index (χ0n) is 15.3. The van der Waals surface area contributed by atoms with Gasteiger partial charge in [0.2, 0.25) is 12.7 Å². The molecule has 9 heteroatoms. The Morgan fingerprint density at radius 1 is 1.21 bits per heavy atom. The normalized spacial score (nSPS) is 18.4. The topological polar surface area (TPSA) is 63.7 Å². The second kappa shape index (κ2) is 7.65. The molecule has 6 nitrogen and oxygen atoms in total. The van der Waals surface area contributed by atoms with Gasteiger partial charge in [-0.3, -0.25) is 4.79 Å². The maximum atomic E-state index is 12.6. The number of halogens is 3. The van der Waals surface area contributed by atoms with E-state index in [9.17, 15) is 18.0 Å². The second-order valence-corrected chi connectivity index (χ2v) is 6.79. The quantitative estimate of drug-likeness (QED) is 0.792. The van der Waals surface area contributed by atoms with Crippen LogP contribution in [0.4, 0.5) is 19.0 Å². The van der Waals surface area contributed by atoms with Crippen LogP contribution in [-0.4, -0.2) is 36.8 Å². The standard InChI is InChI=1S/C20H18F3N3O3/c21-20(22,23)14-3-5-18(24-10-14)26-8-7-15(11-26)25-19(27)6-2-13-1-4-16-17(9-13)29-12-28-16/h1-6,9-10,15H,7-8,11-12H2,(H,25,27). The molecular formula is C20H18F3N3O3. The van der Waals surface area contributed by atoms with Crippen molar-refractivity contribution in [1.82, 2.24) is 10.3 Å². The molecule has 2 aliphatic rings. The Morgan fingerprint density at radius 3 is 2.79 bits per heavy atom. The molecule has 2 aliphatic heterocycles. The minimum absolute atomic E-state index is 0.104. The predicted octanol–water partition coefficient (Wildman–Crippen LogP) is 3.24. The minimum atomic E-state index is -4.41. The summed E-state index contributed by atoms with van der Waals surface area (Å²) in [6, 6.07) is 7.67. The Hall–Kier alpha value is -3.23. The fourth-order valence-electron chi connectivity index (χ4n) is 3.26. The third-order valence-corrected chi connectivity index (χ3v) is 4.76. The van der Waals surface area contributed by atoms with Gasteiger partial charge in [0.15, 0.2) is 11.5 Å². The van der Waals surface area contributed by atoms with E-state index in [-0.39, 0.29) is 18.7 Å². The van der Waals surface area contributed by atoms with Crippen LogP contribution >= 0.6 is 0 Å². The van der Waals surface area contributed by atoms with Crippen LogP contribution in [0.25, 0.3) is 6.08 Å². The number of hydrogen-bond donors (Lipinski definition) is 1. The number of fused-ring (bicyclic) bond motifs is 1. The molecule has 0 radical (unpaired) electrons. The van der Waals surface area contributed by atoms with Crippen LogP contribution in [-0.2, 0) is 11.0 Å². The molecule has 152 valence electrons. The molecule has 4 rings (SSSR count). The van der Waals surface area contributed by atoms with E-state index < -0.39 is 11.7 Å². The lowest BCUT2D eigenvalue weighted by Gasteiger charge is -2.18. The summed E-state index contributed by atoms with van der Waals surface area (Å²) in [5, 5.41) is 2.91. The number of aromatic nitrogens is 1. The van der Waals surface area contributed by atoms with Crippen molar-refractivity contribution in [2.24, 2.45) is 0 Å². The number of rotatable bonds is 4. The summed E-state index contributed by atoms with van der Waals surface area (Å²) in [5.41, 5.74) is 0.0327. The second-order valence-electron chi connectivity index (χ2n) is 6.79. The summed E-state index contributed by atoms with van der Waals surface area (Å²) < 4.78 is 48.5. The van der Waals surface area contributed by atoms with Gasteiger partial charge in [0.1, 0.15) is 5.82 Å². The Morgan fingerprint density at radius 2 is 2.03 bits per heavy atom. The van der Waals surface area contributed by atoms with E-state index in [2.05, 4.69) is 10.3 Å². The number of carbonyl (C=O) groups excluding carboxylic acids is 1. The number of anilines is 1. The van der Waals surface area contributed by atoms with Crippen LogP contribution in [0.15, 0.2) is 42.6 Å². The molecule has 0 aliphatic carbocycles. The third-order valence-electron chi connectivity index (χ3n) is 4.76. The number of ether oxygens (including phenoxy) is 2. The SMILES string of the molecule is O=C(C=Cc1ccc2c(c1)OCO2)NC1CCN(c2ccc(C(F)(F)F)cn2)C1. The molecule has 0 bridgehead atoms. The highest BCUT2D eigenvalue weighted by Crippen LogP contribution is 2.33. The molecule has 29 heavy (non-hydrogen) atoms. The molecule has 1 atom stereocenters. The molecular weight excluding hydrogens is 387 g/mol. The van der Waals surface area contributed by atoms with Crippen molar-refractivity contribution in [1.29, 1.82) is 0 Å². The van der Waals surface area contributed by atoms with Crippen LogP contribution in [0.3, 0.4) is 0 Å². The fourth-order valence-corrected chi connectivity index (χ4v) is 3.26. The molecule has 3 heterocycles. The number of pyridine rings is 1. The largest absolute Gasteiger partial charge is 0.454 e. The zero-order chi connectivity index (χ0) is 20.4. The first-order valence-corrected chi connectivity index (χ1v) is 9.05. The van der Waals surface area contributed by atoms with Crippen molar-refractivity contribution >= 4 is 17.8 Å². The molecule has 2 aromatic rings. The van der Waals surface area contributed by atoms with Crippen LogP contribution in [0.1, 0.15) is 17.5 Å². The molecule has 0 saturated carbocycles. The zero-order valence-corrected chi connectivity index (χ0v) is 15.3. The maximum absolute atomic E-state index is 12.6. The number of benzene rings is 1. The fraction of sp³-hybridized carbons (Fsp3) is 0.300. The highest BCUT2D eigenvalue weighted by molar-refractivity contribution is 5.92. The highest BCUT2D eigenvalue weighted by Gasteiger charge is 2.31. The van der Waals surface area contributed by atoms with Crippen molar-refractivity contribution in [3.8, 4) is 11.5 Å². The molecule has 1 fully saturated rings. The lowest BCUT2D eigenvalue weighted by molar-refractivity contribution is -0.137. The van der Waals surface area contributed by atoms with E-state index in [4.69, 9.17) is 9.47 Å². The van der Waals surface area contributed by atoms with E-state index >= 15 is 0 Å². The Balaban J connectivity index is 1.31. The van der Waals surface area contributed by atoms with Crippen molar-refractivity contribution in [2.75, 3.05) is 24.8 Å². The molecule has 1 amide bonds.